The van der Waals surface area contributed by atoms with E-state index < -0.39 is 23.2 Å². The van der Waals surface area contributed by atoms with E-state index in [-0.39, 0.29) is 41.1 Å². The zero-order valence-electron chi connectivity index (χ0n) is 25.6. The second kappa shape index (κ2) is 10.2. The van der Waals surface area contributed by atoms with Gasteiger partial charge in [-0.1, -0.05) is 0 Å². The average molecular weight is 653 g/mol. The Hall–Kier alpha value is -0.617. The van der Waals surface area contributed by atoms with Crippen LogP contribution in [0.1, 0.15) is 109 Å². The van der Waals surface area contributed by atoms with Crippen LogP contribution in [0.5, 0.6) is 0 Å². The Balaban J connectivity index is 0.00000161. The van der Waals surface area contributed by atoms with Gasteiger partial charge in [-0.3, -0.25) is 0 Å². The van der Waals surface area contributed by atoms with Crippen LogP contribution in [0.2, 0.25) is 0 Å². The summed E-state index contributed by atoms with van der Waals surface area (Å²) >= 11 is -0.949. The fraction of sp³-hybridized carbons (Fsp3) is 0.568. The van der Waals surface area contributed by atoms with Gasteiger partial charge in [0.15, 0.2) is 0 Å². The van der Waals surface area contributed by atoms with Gasteiger partial charge in [0.25, 0.3) is 0 Å². The van der Waals surface area contributed by atoms with Gasteiger partial charge in [-0.2, -0.15) is 0 Å². The molecule has 212 valence electrons. The Morgan fingerprint density at radius 2 is 1.38 bits per heavy atom. The van der Waals surface area contributed by atoms with Crippen molar-refractivity contribution in [2.75, 3.05) is 0 Å². The summed E-state index contributed by atoms with van der Waals surface area (Å²) in [6.07, 6.45) is 18.3. The molecule has 6 aliphatic carbocycles. The summed E-state index contributed by atoms with van der Waals surface area (Å²) in [6, 6.07) is 12.3. The Bertz CT molecular complexity index is 1350. The van der Waals surface area contributed by atoms with Crippen LogP contribution in [0.25, 0.3) is 11.1 Å². The van der Waals surface area contributed by atoms with Crippen LogP contribution < -0.4 is 28.1 Å². The van der Waals surface area contributed by atoms with Gasteiger partial charge >= 0.3 is 245 Å². The predicted octanol–water partition coefficient (Wildman–Crippen LogP) is 3.25. The zero-order chi connectivity index (χ0) is 26.7. The van der Waals surface area contributed by atoms with E-state index in [0.717, 1.165) is 24.2 Å². The second-order valence-electron chi connectivity index (χ2n) is 16.1. The number of halogens is 2. The second-order valence-corrected chi connectivity index (χ2v) is 19.4. The largest absolute Gasteiger partial charge is 1.00 e. The minimum atomic E-state index is -0.949. The Labute approximate surface area is 267 Å². The summed E-state index contributed by atoms with van der Waals surface area (Å²) in [5, 5.41) is 0. The molecule has 0 radical (unpaired) electrons. The maximum Gasteiger partial charge on any atom is -1.00 e. The van der Waals surface area contributed by atoms with Gasteiger partial charge in [-0.05, 0) is 0 Å². The molecule has 4 saturated carbocycles. The van der Waals surface area contributed by atoms with Gasteiger partial charge < -0.3 is 24.8 Å². The number of hydrogen-bond acceptors (Lipinski definition) is 0. The SMILES string of the molecule is CC(C)(C)c1ccc2c(c1)Cc1c-2ccc(C(C)(C)C)[c]1[Zr+2][C]1=CC(C)(C23CC4CC(CC(C4)C2)C3)C=C1.[Cl-].[Cl-]. The molecule has 4 bridgehead atoms. The molecule has 1 unspecified atom stereocenters. The molecular weight excluding hydrogens is 607 g/mol. The number of allylic oxidation sites excluding steroid dienone is 4. The molecule has 8 rings (SSSR count). The topological polar surface area (TPSA) is 0 Å². The number of benzene rings is 2. The molecule has 0 amide bonds. The fourth-order valence-corrected chi connectivity index (χ4v) is 13.9. The van der Waals surface area contributed by atoms with E-state index in [1.807, 2.05) is 0 Å². The van der Waals surface area contributed by atoms with E-state index in [4.69, 9.17) is 0 Å². The summed E-state index contributed by atoms with van der Waals surface area (Å²) in [7, 11) is 0. The van der Waals surface area contributed by atoms with E-state index in [0.29, 0.717) is 5.41 Å². The van der Waals surface area contributed by atoms with E-state index in [1.165, 1.54) is 55.2 Å². The molecule has 2 aromatic rings. The first-order valence-corrected chi connectivity index (χ1v) is 17.8. The zero-order valence-corrected chi connectivity index (χ0v) is 29.5. The van der Waals surface area contributed by atoms with Crippen LogP contribution in [-0.4, -0.2) is 0 Å². The first-order valence-electron chi connectivity index (χ1n) is 15.3. The first-order chi connectivity index (χ1) is 17.8. The summed E-state index contributed by atoms with van der Waals surface area (Å²) < 4.78 is 3.51. The van der Waals surface area contributed by atoms with Crippen molar-refractivity contribution in [3.05, 3.63) is 74.1 Å². The number of fused-ring (bicyclic) bond motifs is 3. The molecule has 0 N–H and O–H groups in total. The van der Waals surface area contributed by atoms with Crippen LogP contribution in [0.4, 0.5) is 0 Å². The van der Waals surface area contributed by atoms with Crippen LogP contribution in [-0.2, 0) is 40.5 Å². The molecule has 40 heavy (non-hydrogen) atoms. The van der Waals surface area contributed by atoms with Crippen molar-refractivity contribution < 1.29 is 48.0 Å². The smallest absolute Gasteiger partial charge is 1.00 e. The minimum absolute atomic E-state index is 0. The van der Waals surface area contributed by atoms with E-state index in [9.17, 15) is 0 Å². The molecule has 2 aromatic carbocycles. The third kappa shape index (κ3) is 4.91. The van der Waals surface area contributed by atoms with Crippen LogP contribution in [0.3, 0.4) is 0 Å². The molecule has 1 atom stereocenters. The predicted molar refractivity (Wildman–Crippen MR) is 158 cm³/mol. The normalized spacial score (nSPS) is 31.2. The number of rotatable bonds is 3. The van der Waals surface area contributed by atoms with Crippen LogP contribution in [0.15, 0.2) is 51.8 Å². The van der Waals surface area contributed by atoms with Crippen LogP contribution >= 0.6 is 0 Å². The van der Waals surface area contributed by atoms with Gasteiger partial charge in [0.2, 0.25) is 0 Å². The molecule has 0 aromatic heterocycles. The quantitative estimate of drug-likeness (QED) is 0.408. The maximum absolute atomic E-state index is 2.82. The van der Waals surface area contributed by atoms with Crippen molar-refractivity contribution in [1.82, 2.24) is 0 Å². The van der Waals surface area contributed by atoms with Gasteiger partial charge in [0.1, 0.15) is 0 Å². The molecule has 0 nitrogen and oxygen atoms in total. The summed E-state index contributed by atoms with van der Waals surface area (Å²) in [5.41, 5.74) is 10.5. The standard InChI is InChI=1S/C21H25.C16H21.2ClH.Zr/c1-20(2,3)16-7-9-18-14(12-16)11-15-13-17(21(4,5)6)8-10-19(15)18;1-15(4-2-3-5-15)16-9-12-6-13(10-16)8-14(7-12)11-16;;;/h7-10,12H,11H2,1-6H3;2,4-5,12-14H,6-11H2,1H3;2*1H;/q;;;;+2/p-2. The van der Waals surface area contributed by atoms with E-state index in [2.05, 4.69) is 97.0 Å². The summed E-state index contributed by atoms with van der Waals surface area (Å²) in [6.45, 7) is 16.9. The summed E-state index contributed by atoms with van der Waals surface area (Å²) in [5.74, 6) is 3.06. The third-order valence-corrected chi connectivity index (χ3v) is 14.8. The van der Waals surface area contributed by atoms with E-state index in [1.54, 1.807) is 23.2 Å². The Morgan fingerprint density at radius 3 is 1.95 bits per heavy atom. The Kier molecular flexibility index (Phi) is 7.89. The van der Waals surface area contributed by atoms with E-state index >= 15 is 0 Å². The van der Waals surface area contributed by atoms with Crippen molar-refractivity contribution in [1.29, 1.82) is 0 Å². The van der Waals surface area contributed by atoms with Crippen molar-refractivity contribution in [2.24, 2.45) is 28.6 Å². The number of hydrogen-bond donors (Lipinski definition) is 0. The van der Waals surface area contributed by atoms with Crippen molar-refractivity contribution >= 4 is 3.27 Å². The molecule has 0 aliphatic heterocycles. The van der Waals surface area contributed by atoms with Crippen LogP contribution in [0, 0.1) is 28.6 Å². The molecule has 6 aliphatic rings. The average Bonchev–Trinajstić information content (AvgIpc) is 3.38. The molecule has 3 heteroatoms. The summed E-state index contributed by atoms with van der Waals surface area (Å²) in [4.78, 5) is 0. The molecule has 0 saturated heterocycles. The Morgan fingerprint density at radius 1 is 0.775 bits per heavy atom. The molecule has 4 fully saturated rings. The fourth-order valence-electron chi connectivity index (χ4n) is 9.52. The van der Waals surface area contributed by atoms with Crippen molar-refractivity contribution in [3.8, 4) is 11.1 Å². The van der Waals surface area contributed by atoms with Gasteiger partial charge in [0.05, 0.1) is 0 Å². The van der Waals surface area contributed by atoms with Crippen molar-refractivity contribution in [3.63, 3.8) is 0 Å². The minimum Gasteiger partial charge on any atom is -1.00 e. The van der Waals surface area contributed by atoms with Gasteiger partial charge in [0, 0.05) is 0 Å². The molecule has 0 spiro atoms. The van der Waals surface area contributed by atoms with Crippen molar-refractivity contribution in [2.45, 2.75) is 104 Å². The maximum atomic E-state index is 2.82. The molecular formula is C37H46Cl2Zr. The third-order valence-electron chi connectivity index (χ3n) is 11.3. The molecule has 0 heterocycles. The van der Waals surface area contributed by atoms with Gasteiger partial charge in [-0.25, -0.2) is 0 Å². The monoisotopic (exact) mass is 650 g/mol. The van der Waals surface area contributed by atoms with Gasteiger partial charge in [-0.15, -0.1) is 0 Å². The first kappa shape index (κ1) is 30.8.